The highest BCUT2D eigenvalue weighted by Crippen LogP contribution is 2.25. The van der Waals surface area contributed by atoms with Crippen LogP contribution in [0.3, 0.4) is 0 Å². The van der Waals surface area contributed by atoms with E-state index in [2.05, 4.69) is 26.3 Å². The first kappa shape index (κ1) is 33.5. The van der Waals surface area contributed by atoms with Crippen LogP contribution in [0, 0.1) is 0 Å². The minimum absolute atomic E-state index is 0.182. The Bertz CT molecular complexity index is 1530. The molecule has 0 radical (unpaired) electrons. The highest BCUT2D eigenvalue weighted by atomic mass is 16.5. The van der Waals surface area contributed by atoms with Gasteiger partial charge < -0.3 is 18.6 Å². The minimum Gasteiger partial charge on any atom is -0.462 e. The van der Waals surface area contributed by atoms with E-state index in [0.717, 1.165) is 11.1 Å². The van der Waals surface area contributed by atoms with Gasteiger partial charge in [-0.15, -0.1) is 0 Å². The van der Waals surface area contributed by atoms with E-state index in [9.17, 15) is 19.2 Å². The monoisotopic (exact) mass is 574 g/mol. The maximum Gasteiger partial charge on any atom is 0.344 e. The number of rotatable bonds is 15. The Hall–Kier alpha value is -4.72. The minimum atomic E-state index is -0.576. The number of hydrogen-bond donors (Lipinski definition) is 0. The van der Waals surface area contributed by atoms with Gasteiger partial charge in [0, 0.05) is 22.1 Å². The molecular weight excluding hydrogens is 536 g/mol. The van der Waals surface area contributed by atoms with Crippen LogP contribution in [0.15, 0.2) is 94.4 Å². The first-order valence-electron chi connectivity index (χ1n) is 13.5. The zero-order valence-corrected chi connectivity index (χ0v) is 24.8. The Morgan fingerprint density at radius 2 is 1.38 bits per heavy atom. The van der Waals surface area contributed by atoms with Crippen molar-refractivity contribution in [1.82, 2.24) is 0 Å². The molecule has 2 aromatic rings. The van der Waals surface area contributed by atoms with E-state index in [1.165, 1.54) is 6.08 Å². The molecule has 0 N–H and O–H groups in total. The van der Waals surface area contributed by atoms with E-state index >= 15 is 0 Å². The summed E-state index contributed by atoms with van der Waals surface area (Å²) in [5, 5.41) is 0.685. The van der Waals surface area contributed by atoms with E-state index in [1.807, 2.05) is 12.1 Å². The molecule has 0 fully saturated rings. The molecule has 0 spiro atoms. The maximum atomic E-state index is 13.0. The van der Waals surface area contributed by atoms with Gasteiger partial charge in [0.1, 0.15) is 11.3 Å². The lowest BCUT2D eigenvalue weighted by Crippen LogP contribution is -2.09. The third-order valence-corrected chi connectivity index (χ3v) is 5.97. The number of benzene rings is 1. The van der Waals surface area contributed by atoms with Crippen molar-refractivity contribution in [1.29, 1.82) is 0 Å². The third-order valence-electron chi connectivity index (χ3n) is 5.97. The molecule has 8 nitrogen and oxygen atoms in total. The molecule has 0 aliphatic rings. The summed E-state index contributed by atoms with van der Waals surface area (Å²) < 4.78 is 21.4. The third kappa shape index (κ3) is 10.0. The molecule has 1 heterocycles. The molecule has 0 atom stereocenters. The van der Waals surface area contributed by atoms with Crippen LogP contribution in [0.4, 0.5) is 0 Å². The molecule has 8 heteroatoms. The molecule has 1 aromatic heterocycles. The molecule has 42 heavy (non-hydrogen) atoms. The molecule has 0 unspecified atom stereocenters. The predicted molar refractivity (Wildman–Crippen MR) is 164 cm³/mol. The highest BCUT2D eigenvalue weighted by molar-refractivity contribution is 5.89. The topological polar surface area (TPSA) is 109 Å². The smallest absolute Gasteiger partial charge is 0.344 e. The zero-order valence-electron chi connectivity index (χ0n) is 24.8. The molecule has 0 bridgehead atoms. The SMILES string of the molecule is C=C(C)C(=O)OCCCc1cc(CCCOC(=O)C(=C)C)c2oc(=O)c(C(=C)/C=C\C(=C/C)OC(=O)C(=C)C)cc2c1. The van der Waals surface area contributed by atoms with Gasteiger partial charge in [-0.2, -0.15) is 0 Å². The zero-order chi connectivity index (χ0) is 31.4. The Balaban J connectivity index is 2.36. The Kier molecular flexibility index (Phi) is 12.7. The fourth-order valence-electron chi connectivity index (χ4n) is 3.70. The molecule has 0 aliphatic carbocycles. The van der Waals surface area contributed by atoms with E-state index < -0.39 is 23.5 Å². The van der Waals surface area contributed by atoms with Gasteiger partial charge in [0.15, 0.2) is 0 Å². The Morgan fingerprint density at radius 1 is 0.810 bits per heavy atom. The lowest BCUT2D eigenvalue weighted by molar-refractivity contribution is -0.139. The molecule has 1 aromatic carbocycles. The summed E-state index contributed by atoms with van der Waals surface area (Å²) in [7, 11) is 0. The largest absolute Gasteiger partial charge is 0.462 e. The fourth-order valence-corrected chi connectivity index (χ4v) is 3.70. The van der Waals surface area contributed by atoms with Gasteiger partial charge in [-0.3, -0.25) is 0 Å². The molecule has 222 valence electrons. The standard InChI is InChI=1S/C34H38O8/c1-9-28(41-33(37)23(6)7)15-14-24(8)29-20-27-19-25(12-10-16-39-31(35)21(2)3)18-26(30(27)42-34(29)38)13-11-17-40-32(36)22(4)5/h9,14-15,18-20H,2,4,6,8,10-13,16-17H2,1,3,5,7H3/b15-14-,28-9+. The van der Waals surface area contributed by atoms with Crippen molar-refractivity contribution in [2.75, 3.05) is 13.2 Å². The van der Waals surface area contributed by atoms with Gasteiger partial charge in [-0.05, 0) is 94.4 Å². The molecule has 0 amide bonds. The summed E-state index contributed by atoms with van der Waals surface area (Å²) >= 11 is 0. The number of allylic oxidation sites excluding steroid dienone is 4. The first-order valence-corrected chi connectivity index (χ1v) is 13.5. The number of hydrogen-bond acceptors (Lipinski definition) is 8. The van der Waals surface area contributed by atoms with Gasteiger partial charge in [0.05, 0.1) is 18.8 Å². The maximum absolute atomic E-state index is 13.0. The second-order valence-corrected chi connectivity index (χ2v) is 9.88. The lowest BCUT2D eigenvalue weighted by atomic mass is 9.98. The summed E-state index contributed by atoms with van der Waals surface area (Å²) in [5.74, 6) is -1.19. The lowest BCUT2D eigenvalue weighted by Gasteiger charge is -2.12. The van der Waals surface area contributed by atoms with Crippen LogP contribution < -0.4 is 5.63 Å². The van der Waals surface area contributed by atoms with Crippen LogP contribution in [0.2, 0.25) is 0 Å². The van der Waals surface area contributed by atoms with Gasteiger partial charge in [-0.1, -0.05) is 38.5 Å². The van der Waals surface area contributed by atoms with E-state index in [-0.39, 0.29) is 30.1 Å². The summed E-state index contributed by atoms with van der Waals surface area (Å²) in [6.45, 7) is 21.6. The van der Waals surface area contributed by atoms with E-state index in [0.29, 0.717) is 53.4 Å². The number of fused-ring (bicyclic) bond motifs is 1. The van der Waals surface area contributed by atoms with Crippen LogP contribution in [-0.4, -0.2) is 31.1 Å². The van der Waals surface area contributed by atoms with Crippen LogP contribution in [0.5, 0.6) is 0 Å². The van der Waals surface area contributed by atoms with Gasteiger partial charge in [0.25, 0.3) is 0 Å². The van der Waals surface area contributed by atoms with Crippen molar-refractivity contribution in [3.8, 4) is 0 Å². The first-order chi connectivity index (χ1) is 19.8. The fraction of sp³-hybridized carbons (Fsp3) is 0.294. The summed E-state index contributed by atoms with van der Waals surface area (Å²) in [4.78, 5) is 48.3. The van der Waals surface area contributed by atoms with Crippen LogP contribution >= 0.6 is 0 Å². The van der Waals surface area contributed by atoms with Crippen molar-refractivity contribution in [2.24, 2.45) is 0 Å². The van der Waals surface area contributed by atoms with Crippen molar-refractivity contribution in [3.05, 3.63) is 112 Å². The van der Waals surface area contributed by atoms with Crippen LogP contribution in [-0.2, 0) is 41.4 Å². The number of ether oxygens (including phenoxy) is 3. The average molecular weight is 575 g/mol. The Labute approximate surface area is 246 Å². The van der Waals surface area contributed by atoms with Crippen molar-refractivity contribution in [2.45, 2.75) is 53.4 Å². The van der Waals surface area contributed by atoms with E-state index in [4.69, 9.17) is 18.6 Å². The number of carbonyl (C=O) groups is 3. The van der Waals surface area contributed by atoms with Crippen molar-refractivity contribution in [3.63, 3.8) is 0 Å². The normalized spacial score (nSPS) is 11.3. The molecule has 0 saturated heterocycles. The summed E-state index contributed by atoms with van der Waals surface area (Å²) in [6.07, 6.45) is 6.87. The summed E-state index contributed by atoms with van der Waals surface area (Å²) in [6, 6.07) is 5.56. The van der Waals surface area contributed by atoms with Crippen LogP contribution in [0.25, 0.3) is 16.5 Å². The van der Waals surface area contributed by atoms with Crippen LogP contribution in [0.1, 0.15) is 57.2 Å². The van der Waals surface area contributed by atoms with Crippen molar-refractivity contribution < 1.29 is 33.0 Å². The van der Waals surface area contributed by atoms with Gasteiger partial charge >= 0.3 is 23.5 Å². The van der Waals surface area contributed by atoms with Crippen molar-refractivity contribution >= 4 is 34.5 Å². The highest BCUT2D eigenvalue weighted by Gasteiger charge is 2.14. The predicted octanol–water partition coefficient (Wildman–Crippen LogP) is 6.49. The quantitative estimate of drug-likeness (QED) is 0.0452. The van der Waals surface area contributed by atoms with Gasteiger partial charge in [0.2, 0.25) is 0 Å². The number of esters is 3. The molecular formula is C34H38O8. The van der Waals surface area contributed by atoms with E-state index in [1.54, 1.807) is 45.9 Å². The van der Waals surface area contributed by atoms with Gasteiger partial charge in [-0.25, -0.2) is 19.2 Å². The average Bonchev–Trinajstić information content (AvgIpc) is 2.94. The number of aryl methyl sites for hydroxylation is 2. The molecule has 0 aliphatic heterocycles. The second kappa shape index (κ2) is 15.9. The second-order valence-electron chi connectivity index (χ2n) is 9.88. The molecule has 0 saturated carbocycles. The molecule has 2 rings (SSSR count). The number of carbonyl (C=O) groups excluding carboxylic acids is 3. The summed E-state index contributed by atoms with van der Waals surface area (Å²) in [5.41, 5.74) is 3.09. The Morgan fingerprint density at radius 3 is 1.93 bits per heavy atom.